The van der Waals surface area contributed by atoms with Crippen LogP contribution in [0.5, 0.6) is 0 Å². The Balaban J connectivity index is 2.08. The number of nitrogens with two attached hydrogens (primary N) is 1. The Kier molecular flexibility index (Phi) is 5.05. The number of hydrogen-bond acceptors (Lipinski definition) is 3. The molecule has 0 atom stereocenters. The molecule has 0 aromatic heterocycles. The van der Waals surface area contributed by atoms with Gasteiger partial charge in [-0.05, 0) is 20.0 Å². The first-order valence-electron chi connectivity index (χ1n) is 5.09. The van der Waals surface area contributed by atoms with Crippen molar-refractivity contribution in [1.82, 2.24) is 9.80 Å². The van der Waals surface area contributed by atoms with Gasteiger partial charge in [0, 0.05) is 32.7 Å². The van der Waals surface area contributed by atoms with Crippen molar-refractivity contribution >= 4 is 0 Å². The van der Waals surface area contributed by atoms with E-state index in [0.29, 0.717) is 0 Å². The van der Waals surface area contributed by atoms with E-state index in [2.05, 4.69) is 29.0 Å². The average molecular weight is 183 g/mol. The molecule has 1 fully saturated rings. The largest absolute Gasteiger partial charge is 0.330 e. The lowest BCUT2D eigenvalue weighted by Crippen LogP contribution is -2.44. The first-order chi connectivity index (χ1) is 6.33. The van der Waals surface area contributed by atoms with Crippen LogP contribution in [0.2, 0.25) is 0 Å². The second kappa shape index (κ2) is 6.13. The smallest absolute Gasteiger partial charge is 0.0164 e. The van der Waals surface area contributed by atoms with E-state index in [1.165, 1.54) is 26.2 Å². The van der Waals surface area contributed by atoms with Gasteiger partial charge in [0.05, 0.1) is 0 Å². The molecular formula is C10H21N3. The molecule has 0 aromatic carbocycles. The van der Waals surface area contributed by atoms with Crippen LogP contribution < -0.4 is 5.73 Å². The van der Waals surface area contributed by atoms with E-state index in [1.54, 1.807) is 0 Å². The Bertz CT molecular complexity index is 148. The quantitative estimate of drug-likeness (QED) is 0.629. The van der Waals surface area contributed by atoms with Crippen LogP contribution in [-0.4, -0.2) is 56.1 Å². The molecule has 1 rings (SSSR count). The average Bonchev–Trinajstić information content (AvgIpc) is 2.15. The minimum Gasteiger partial charge on any atom is -0.330 e. The summed E-state index contributed by atoms with van der Waals surface area (Å²) >= 11 is 0. The van der Waals surface area contributed by atoms with Crippen LogP contribution in [0.4, 0.5) is 0 Å². The lowest BCUT2D eigenvalue weighted by molar-refractivity contribution is 0.166. The van der Waals surface area contributed by atoms with E-state index in [1.807, 2.05) is 0 Å². The zero-order chi connectivity index (χ0) is 9.52. The van der Waals surface area contributed by atoms with Gasteiger partial charge < -0.3 is 10.6 Å². The van der Waals surface area contributed by atoms with Gasteiger partial charge in [0.15, 0.2) is 0 Å². The second-order valence-electron chi connectivity index (χ2n) is 3.65. The monoisotopic (exact) mass is 183 g/mol. The van der Waals surface area contributed by atoms with E-state index in [9.17, 15) is 0 Å². The van der Waals surface area contributed by atoms with Crippen LogP contribution in [0.1, 0.15) is 6.42 Å². The molecule has 76 valence electrons. The highest BCUT2D eigenvalue weighted by Gasteiger charge is 2.11. The Morgan fingerprint density at radius 3 is 2.46 bits per heavy atom. The zero-order valence-electron chi connectivity index (χ0n) is 8.58. The molecule has 0 unspecified atom stereocenters. The van der Waals surface area contributed by atoms with Crippen LogP contribution in [0, 0.1) is 0 Å². The number of likely N-dealkylation sites (N-methyl/N-ethyl adjacent to an activating group) is 1. The highest BCUT2D eigenvalue weighted by atomic mass is 15.2. The molecule has 0 aromatic rings. The van der Waals surface area contributed by atoms with Crippen molar-refractivity contribution in [2.24, 2.45) is 5.73 Å². The van der Waals surface area contributed by atoms with Crippen LogP contribution in [0.15, 0.2) is 12.2 Å². The summed E-state index contributed by atoms with van der Waals surface area (Å²) in [6.45, 7) is 6.65. The lowest BCUT2D eigenvalue weighted by Gasteiger charge is -2.31. The Hall–Kier alpha value is -0.380. The molecule has 0 aliphatic carbocycles. The van der Waals surface area contributed by atoms with Crippen LogP contribution in [-0.2, 0) is 0 Å². The van der Waals surface area contributed by atoms with Gasteiger partial charge in [-0.15, -0.1) is 0 Å². The maximum Gasteiger partial charge on any atom is 0.0164 e. The number of nitrogens with zero attached hydrogens (tertiary/aromatic N) is 2. The van der Waals surface area contributed by atoms with E-state index >= 15 is 0 Å². The molecule has 1 aliphatic rings. The Labute approximate surface area is 81.2 Å². The van der Waals surface area contributed by atoms with Crippen molar-refractivity contribution < 1.29 is 0 Å². The van der Waals surface area contributed by atoms with Gasteiger partial charge in [-0.2, -0.15) is 0 Å². The number of hydrogen-bond donors (Lipinski definition) is 1. The summed E-state index contributed by atoms with van der Waals surface area (Å²) in [5.41, 5.74) is 5.39. The van der Waals surface area contributed by atoms with Crippen molar-refractivity contribution in [1.29, 1.82) is 0 Å². The summed E-state index contributed by atoms with van der Waals surface area (Å²) in [4.78, 5) is 4.85. The van der Waals surface area contributed by atoms with E-state index in [-0.39, 0.29) is 0 Å². The fourth-order valence-electron chi connectivity index (χ4n) is 1.47. The van der Waals surface area contributed by atoms with Gasteiger partial charge in [-0.25, -0.2) is 0 Å². The lowest BCUT2D eigenvalue weighted by atomic mass is 10.3. The molecule has 1 heterocycles. The second-order valence-corrected chi connectivity index (χ2v) is 3.65. The SMILES string of the molecule is CN1CCN(C/C=C\CCN)CC1. The van der Waals surface area contributed by atoms with Gasteiger partial charge in [0.2, 0.25) is 0 Å². The highest BCUT2D eigenvalue weighted by molar-refractivity contribution is 4.86. The third-order valence-electron chi connectivity index (χ3n) is 2.46. The fraction of sp³-hybridized carbons (Fsp3) is 0.800. The Morgan fingerprint density at radius 1 is 1.15 bits per heavy atom. The van der Waals surface area contributed by atoms with E-state index in [0.717, 1.165) is 19.5 Å². The number of piperazine rings is 1. The molecule has 3 heteroatoms. The molecule has 0 bridgehead atoms. The summed E-state index contributed by atoms with van der Waals surface area (Å²) in [6.07, 6.45) is 5.42. The van der Waals surface area contributed by atoms with E-state index < -0.39 is 0 Å². The van der Waals surface area contributed by atoms with Gasteiger partial charge >= 0.3 is 0 Å². The van der Waals surface area contributed by atoms with E-state index in [4.69, 9.17) is 5.73 Å². The third-order valence-corrected chi connectivity index (χ3v) is 2.46. The van der Waals surface area contributed by atoms with Gasteiger partial charge in [0.1, 0.15) is 0 Å². The Morgan fingerprint density at radius 2 is 1.85 bits per heavy atom. The normalized spacial score (nSPS) is 21.4. The molecular weight excluding hydrogens is 162 g/mol. The summed E-state index contributed by atoms with van der Waals surface area (Å²) in [6, 6.07) is 0. The van der Waals surface area contributed by atoms with Crippen molar-refractivity contribution in [3.63, 3.8) is 0 Å². The maximum absolute atomic E-state index is 5.39. The maximum atomic E-state index is 5.39. The van der Waals surface area contributed by atoms with Crippen LogP contribution in [0.3, 0.4) is 0 Å². The van der Waals surface area contributed by atoms with Crippen molar-refractivity contribution in [2.75, 3.05) is 46.3 Å². The van der Waals surface area contributed by atoms with Gasteiger partial charge in [-0.3, -0.25) is 4.90 Å². The first kappa shape index (κ1) is 10.7. The standard InChI is InChI=1S/C10H21N3/c1-12-7-9-13(10-8-12)6-4-2-3-5-11/h2,4H,3,5-11H2,1H3/b4-2-. The molecule has 1 saturated heterocycles. The predicted molar refractivity (Wildman–Crippen MR) is 56.7 cm³/mol. The molecule has 3 nitrogen and oxygen atoms in total. The van der Waals surface area contributed by atoms with Crippen molar-refractivity contribution in [3.05, 3.63) is 12.2 Å². The van der Waals surface area contributed by atoms with Gasteiger partial charge in [0.25, 0.3) is 0 Å². The molecule has 0 amide bonds. The van der Waals surface area contributed by atoms with Crippen molar-refractivity contribution in [2.45, 2.75) is 6.42 Å². The summed E-state index contributed by atoms with van der Waals surface area (Å²) < 4.78 is 0. The minimum atomic E-state index is 0.763. The van der Waals surface area contributed by atoms with Crippen LogP contribution in [0.25, 0.3) is 0 Å². The summed E-state index contributed by atoms with van der Waals surface area (Å²) in [5, 5.41) is 0. The number of rotatable bonds is 4. The minimum absolute atomic E-state index is 0.763. The molecule has 0 spiro atoms. The summed E-state index contributed by atoms with van der Waals surface area (Å²) in [7, 11) is 2.18. The fourth-order valence-corrected chi connectivity index (χ4v) is 1.47. The molecule has 1 aliphatic heterocycles. The molecule has 0 radical (unpaired) electrons. The zero-order valence-corrected chi connectivity index (χ0v) is 8.58. The topological polar surface area (TPSA) is 32.5 Å². The molecule has 2 N–H and O–H groups in total. The first-order valence-corrected chi connectivity index (χ1v) is 5.09. The molecule has 0 saturated carbocycles. The van der Waals surface area contributed by atoms with Gasteiger partial charge in [-0.1, -0.05) is 12.2 Å². The van der Waals surface area contributed by atoms with Crippen molar-refractivity contribution in [3.8, 4) is 0 Å². The van der Waals surface area contributed by atoms with Crippen LogP contribution >= 0.6 is 0 Å². The molecule has 13 heavy (non-hydrogen) atoms. The highest BCUT2D eigenvalue weighted by Crippen LogP contribution is 1.98. The third kappa shape index (κ3) is 4.41. The predicted octanol–water partition coefficient (Wildman–Crippen LogP) is 0.139. The summed E-state index contributed by atoms with van der Waals surface area (Å²) in [5.74, 6) is 0.